The molecule has 0 aromatic heterocycles. The van der Waals surface area contributed by atoms with Crippen molar-refractivity contribution in [1.29, 1.82) is 0 Å². The third kappa shape index (κ3) is 2.42. The van der Waals surface area contributed by atoms with Crippen LogP contribution in [0.15, 0.2) is 12.1 Å². The summed E-state index contributed by atoms with van der Waals surface area (Å²) in [7, 11) is 1.53. The second-order valence-corrected chi connectivity index (χ2v) is 4.35. The Labute approximate surface area is 109 Å². The van der Waals surface area contributed by atoms with Crippen molar-refractivity contribution in [2.75, 3.05) is 20.3 Å². The number of carbonyl (C=O) groups excluding carboxylic acids is 1. The summed E-state index contributed by atoms with van der Waals surface area (Å²) in [6, 6.07) is 3.29. The van der Waals surface area contributed by atoms with Gasteiger partial charge in [-0.25, -0.2) is 0 Å². The number of likely N-dealkylation sites (N-methyl/N-ethyl adjacent to an activating group) is 1. The molecule has 17 heavy (non-hydrogen) atoms. The van der Waals surface area contributed by atoms with E-state index >= 15 is 0 Å². The van der Waals surface area contributed by atoms with Gasteiger partial charge >= 0.3 is 0 Å². The first kappa shape index (κ1) is 12.3. The zero-order chi connectivity index (χ0) is 12.4. The molecule has 0 bridgehead atoms. The predicted octanol–water partition coefficient (Wildman–Crippen LogP) is 2.14. The summed E-state index contributed by atoms with van der Waals surface area (Å²) in [5.74, 6) is 0.732. The highest BCUT2D eigenvalue weighted by atomic mass is 35.5. The lowest BCUT2D eigenvalue weighted by atomic mass is 10.1. The van der Waals surface area contributed by atoms with Crippen LogP contribution in [0.5, 0.6) is 11.5 Å². The van der Waals surface area contributed by atoms with Crippen LogP contribution < -0.4 is 14.8 Å². The molecule has 92 valence electrons. The van der Waals surface area contributed by atoms with Gasteiger partial charge < -0.3 is 14.8 Å². The fraction of sp³-hybridized carbons (Fsp3) is 0.364. The molecule has 1 N–H and O–H groups in total. The third-order valence-electron chi connectivity index (χ3n) is 2.39. The lowest BCUT2D eigenvalue weighted by Gasteiger charge is -2.21. The van der Waals surface area contributed by atoms with E-state index in [4.69, 9.17) is 32.7 Å². The molecule has 1 aliphatic heterocycles. The van der Waals surface area contributed by atoms with E-state index in [1.165, 1.54) is 7.05 Å². The topological polar surface area (TPSA) is 47.6 Å². The average Bonchev–Trinajstić information content (AvgIpc) is 2.37. The van der Waals surface area contributed by atoms with Crippen LogP contribution in [-0.2, 0) is 4.79 Å². The summed E-state index contributed by atoms with van der Waals surface area (Å²) in [5, 5.41) is 2.07. The number of benzene rings is 1. The normalized spacial score (nSPS) is 15.2. The molecular weight excluding hydrogens is 265 g/mol. The highest BCUT2D eigenvalue weighted by Gasteiger charge is 2.22. The quantitative estimate of drug-likeness (QED) is 0.842. The van der Waals surface area contributed by atoms with Crippen LogP contribution in [0.2, 0.25) is 5.02 Å². The molecule has 0 fully saturated rings. The molecule has 0 saturated carbocycles. The molecule has 1 atom stereocenters. The first-order chi connectivity index (χ1) is 8.13. The van der Waals surface area contributed by atoms with E-state index in [9.17, 15) is 4.79 Å². The number of hydrogen-bond acceptors (Lipinski definition) is 3. The Bertz CT molecular complexity index is 451. The second-order valence-electron chi connectivity index (χ2n) is 3.50. The zero-order valence-corrected chi connectivity index (χ0v) is 10.6. The van der Waals surface area contributed by atoms with E-state index in [2.05, 4.69) is 5.32 Å². The summed E-state index contributed by atoms with van der Waals surface area (Å²) in [6.45, 7) is 0.922. The van der Waals surface area contributed by atoms with Gasteiger partial charge in [0, 0.05) is 7.05 Å². The number of rotatable bonds is 2. The van der Waals surface area contributed by atoms with Gasteiger partial charge in [-0.15, -0.1) is 11.6 Å². The molecule has 1 aromatic rings. The minimum absolute atomic E-state index is 0.292. The number of halogens is 2. The van der Waals surface area contributed by atoms with E-state index in [0.29, 0.717) is 35.3 Å². The largest absolute Gasteiger partial charge is 0.486 e. The zero-order valence-electron chi connectivity index (χ0n) is 9.13. The van der Waals surface area contributed by atoms with Crippen molar-refractivity contribution in [1.82, 2.24) is 5.32 Å². The molecule has 0 spiro atoms. The summed E-state index contributed by atoms with van der Waals surface area (Å²) in [4.78, 5) is 11.4. The van der Waals surface area contributed by atoms with E-state index < -0.39 is 5.38 Å². The standard InChI is InChI=1S/C11H11Cl2NO3/c1-14-11(15)9(13)6-4-7(12)10-8(5-6)16-2-3-17-10/h4-5,9H,2-3H2,1H3,(H,14,15). The maximum absolute atomic E-state index is 11.4. The van der Waals surface area contributed by atoms with Crippen LogP contribution in [0.3, 0.4) is 0 Å². The van der Waals surface area contributed by atoms with Gasteiger partial charge in [0.2, 0.25) is 5.91 Å². The third-order valence-corrected chi connectivity index (χ3v) is 3.12. The van der Waals surface area contributed by atoms with Gasteiger partial charge in [-0.2, -0.15) is 0 Å². The summed E-state index contributed by atoms with van der Waals surface area (Å²) in [6.07, 6.45) is 0. The first-order valence-electron chi connectivity index (χ1n) is 5.08. The fourth-order valence-electron chi connectivity index (χ4n) is 1.56. The molecule has 0 saturated heterocycles. The van der Waals surface area contributed by atoms with Crippen molar-refractivity contribution in [3.63, 3.8) is 0 Å². The van der Waals surface area contributed by atoms with Gasteiger partial charge in [0.1, 0.15) is 18.6 Å². The van der Waals surface area contributed by atoms with Crippen molar-refractivity contribution in [2.24, 2.45) is 0 Å². The molecule has 0 aliphatic carbocycles. The summed E-state index contributed by atoms with van der Waals surface area (Å²) >= 11 is 12.0. The van der Waals surface area contributed by atoms with E-state index in [1.54, 1.807) is 12.1 Å². The number of hydrogen-bond donors (Lipinski definition) is 1. The molecule has 2 rings (SSSR count). The number of alkyl halides is 1. The molecule has 1 amide bonds. The van der Waals surface area contributed by atoms with E-state index in [-0.39, 0.29) is 5.91 Å². The minimum Gasteiger partial charge on any atom is -0.486 e. The number of amides is 1. The van der Waals surface area contributed by atoms with E-state index in [1.807, 2.05) is 0 Å². The van der Waals surface area contributed by atoms with Crippen LogP contribution >= 0.6 is 23.2 Å². The molecule has 1 heterocycles. The Hall–Kier alpha value is -1.13. The Morgan fingerprint density at radius 3 is 2.82 bits per heavy atom. The highest BCUT2D eigenvalue weighted by molar-refractivity contribution is 6.33. The minimum atomic E-state index is -0.798. The van der Waals surface area contributed by atoms with Crippen LogP contribution in [0, 0.1) is 0 Å². The van der Waals surface area contributed by atoms with Crippen LogP contribution in [-0.4, -0.2) is 26.2 Å². The van der Waals surface area contributed by atoms with Crippen molar-refractivity contribution in [2.45, 2.75) is 5.38 Å². The van der Waals surface area contributed by atoms with Crippen molar-refractivity contribution in [3.05, 3.63) is 22.7 Å². The van der Waals surface area contributed by atoms with Crippen molar-refractivity contribution < 1.29 is 14.3 Å². The lowest BCUT2D eigenvalue weighted by Crippen LogP contribution is -2.23. The molecule has 1 unspecified atom stereocenters. The van der Waals surface area contributed by atoms with Gasteiger partial charge in [0.05, 0.1) is 5.02 Å². The van der Waals surface area contributed by atoms with E-state index in [0.717, 1.165) is 0 Å². The van der Waals surface area contributed by atoms with Gasteiger partial charge in [0.25, 0.3) is 0 Å². The number of carbonyl (C=O) groups is 1. The predicted molar refractivity (Wildman–Crippen MR) is 65.1 cm³/mol. The molecule has 6 heteroatoms. The van der Waals surface area contributed by atoms with Gasteiger partial charge in [-0.05, 0) is 17.7 Å². The maximum Gasteiger partial charge on any atom is 0.242 e. The Kier molecular flexibility index (Phi) is 3.64. The van der Waals surface area contributed by atoms with Crippen molar-refractivity contribution >= 4 is 29.1 Å². The Morgan fingerprint density at radius 1 is 1.41 bits per heavy atom. The SMILES string of the molecule is CNC(=O)C(Cl)c1cc(Cl)c2c(c1)OCCO2. The Balaban J connectivity index is 2.37. The van der Waals surface area contributed by atoms with Crippen LogP contribution in [0.1, 0.15) is 10.9 Å². The highest BCUT2D eigenvalue weighted by Crippen LogP contribution is 2.40. The monoisotopic (exact) mass is 275 g/mol. The number of fused-ring (bicyclic) bond motifs is 1. The van der Waals surface area contributed by atoms with Gasteiger partial charge in [-0.3, -0.25) is 4.79 Å². The van der Waals surface area contributed by atoms with Crippen molar-refractivity contribution in [3.8, 4) is 11.5 Å². The Morgan fingerprint density at radius 2 is 2.12 bits per heavy atom. The second kappa shape index (κ2) is 5.02. The molecule has 1 aliphatic rings. The number of nitrogens with one attached hydrogen (secondary N) is 1. The summed E-state index contributed by atoms with van der Waals surface area (Å²) < 4.78 is 10.8. The molecule has 0 radical (unpaired) electrons. The molecule has 4 nitrogen and oxygen atoms in total. The molecule has 1 aromatic carbocycles. The maximum atomic E-state index is 11.4. The average molecular weight is 276 g/mol. The van der Waals surface area contributed by atoms with Crippen LogP contribution in [0.25, 0.3) is 0 Å². The molecular formula is C11H11Cl2NO3. The summed E-state index contributed by atoms with van der Waals surface area (Å²) in [5.41, 5.74) is 0.584. The first-order valence-corrected chi connectivity index (χ1v) is 5.89. The number of ether oxygens (including phenoxy) is 2. The lowest BCUT2D eigenvalue weighted by molar-refractivity contribution is -0.120. The van der Waals surface area contributed by atoms with Gasteiger partial charge in [-0.1, -0.05) is 11.6 Å². The smallest absolute Gasteiger partial charge is 0.242 e. The van der Waals surface area contributed by atoms with Crippen LogP contribution in [0.4, 0.5) is 0 Å². The fourth-order valence-corrected chi connectivity index (χ4v) is 2.06. The van der Waals surface area contributed by atoms with Gasteiger partial charge in [0.15, 0.2) is 11.5 Å².